The molecule has 0 bridgehead atoms. The van der Waals surface area contributed by atoms with E-state index in [4.69, 9.17) is 4.74 Å². The highest BCUT2D eigenvalue weighted by atomic mass is 16.5. The number of nitrogens with zero attached hydrogens (tertiary/aromatic N) is 3. The van der Waals surface area contributed by atoms with Gasteiger partial charge in [-0.2, -0.15) is 10.5 Å². The molecule has 4 nitrogen and oxygen atoms in total. The summed E-state index contributed by atoms with van der Waals surface area (Å²) in [7, 11) is 0. The fourth-order valence-corrected chi connectivity index (χ4v) is 3.75. The summed E-state index contributed by atoms with van der Waals surface area (Å²) in [6.45, 7) is 2.38. The molecule has 0 radical (unpaired) electrons. The van der Waals surface area contributed by atoms with E-state index >= 15 is 0 Å². The zero-order chi connectivity index (χ0) is 22.3. The van der Waals surface area contributed by atoms with Crippen molar-refractivity contribution in [2.75, 3.05) is 0 Å². The predicted octanol–water partition coefficient (Wildman–Crippen LogP) is 6.11. The van der Waals surface area contributed by atoms with Crippen LogP contribution in [0.25, 0.3) is 11.1 Å². The summed E-state index contributed by atoms with van der Waals surface area (Å²) in [6, 6.07) is 29.6. The molecule has 0 fully saturated rings. The third-order valence-corrected chi connectivity index (χ3v) is 5.36. The third kappa shape index (κ3) is 4.57. The van der Waals surface area contributed by atoms with E-state index in [1.165, 1.54) is 0 Å². The van der Waals surface area contributed by atoms with Crippen molar-refractivity contribution in [3.8, 4) is 23.3 Å². The van der Waals surface area contributed by atoms with Crippen molar-refractivity contribution in [3.63, 3.8) is 0 Å². The van der Waals surface area contributed by atoms with Crippen LogP contribution in [0.1, 0.15) is 39.5 Å². The van der Waals surface area contributed by atoms with Gasteiger partial charge in [-0.3, -0.25) is 4.98 Å². The molecule has 1 aromatic heterocycles. The Morgan fingerprint density at radius 1 is 0.844 bits per heavy atom. The van der Waals surface area contributed by atoms with E-state index in [1.54, 1.807) is 18.5 Å². The standard InChI is InChI=1S/C28H21N3O/c1-20-6-2-3-10-26(20)27-15-23(11-12-24(27)17-30)28(25-9-5-13-31-18-25)32-19-22-8-4-7-21(14-22)16-29/h2-15,18,28H,19H2,1H3. The summed E-state index contributed by atoms with van der Waals surface area (Å²) in [4.78, 5) is 4.27. The molecule has 1 heterocycles. The number of aryl methyl sites for hydroxylation is 1. The van der Waals surface area contributed by atoms with Gasteiger partial charge in [-0.25, -0.2) is 0 Å². The molecule has 0 saturated heterocycles. The van der Waals surface area contributed by atoms with Gasteiger partial charge >= 0.3 is 0 Å². The highest BCUT2D eigenvalue weighted by molar-refractivity contribution is 5.74. The number of rotatable bonds is 6. The van der Waals surface area contributed by atoms with Gasteiger partial charge in [0.05, 0.1) is 29.9 Å². The van der Waals surface area contributed by atoms with Crippen molar-refractivity contribution in [2.24, 2.45) is 0 Å². The highest BCUT2D eigenvalue weighted by Gasteiger charge is 2.18. The average molecular weight is 415 g/mol. The van der Waals surface area contributed by atoms with E-state index in [2.05, 4.69) is 17.1 Å². The van der Waals surface area contributed by atoms with Crippen LogP contribution in [0.15, 0.2) is 91.3 Å². The van der Waals surface area contributed by atoms with Crippen LogP contribution in [0.3, 0.4) is 0 Å². The minimum Gasteiger partial charge on any atom is -0.364 e. The molecule has 32 heavy (non-hydrogen) atoms. The lowest BCUT2D eigenvalue weighted by molar-refractivity contribution is 0.0665. The smallest absolute Gasteiger partial charge is 0.109 e. The lowest BCUT2D eigenvalue weighted by atomic mass is 9.92. The van der Waals surface area contributed by atoms with Gasteiger partial charge < -0.3 is 4.74 Å². The zero-order valence-electron chi connectivity index (χ0n) is 17.7. The van der Waals surface area contributed by atoms with Gasteiger partial charge in [0.15, 0.2) is 0 Å². The summed E-state index contributed by atoms with van der Waals surface area (Å²) in [5.41, 5.74) is 7.01. The lowest BCUT2D eigenvalue weighted by Gasteiger charge is -2.20. The monoisotopic (exact) mass is 415 g/mol. The average Bonchev–Trinajstić information content (AvgIpc) is 2.85. The maximum absolute atomic E-state index is 9.70. The maximum atomic E-state index is 9.70. The molecule has 0 aliphatic rings. The van der Waals surface area contributed by atoms with Gasteiger partial charge in [-0.15, -0.1) is 0 Å². The van der Waals surface area contributed by atoms with E-state index in [0.717, 1.165) is 33.4 Å². The molecule has 0 spiro atoms. The topological polar surface area (TPSA) is 69.7 Å². The molecular formula is C28H21N3O. The second-order valence-corrected chi connectivity index (χ2v) is 7.52. The summed E-state index contributed by atoms with van der Waals surface area (Å²) >= 11 is 0. The van der Waals surface area contributed by atoms with Gasteiger partial charge in [-0.05, 0) is 59.5 Å². The normalized spacial score (nSPS) is 11.3. The molecule has 0 saturated carbocycles. The van der Waals surface area contributed by atoms with Gasteiger partial charge in [0, 0.05) is 23.5 Å². The first-order valence-electron chi connectivity index (χ1n) is 10.3. The Morgan fingerprint density at radius 3 is 2.47 bits per heavy atom. The Bertz CT molecular complexity index is 1320. The molecule has 0 aliphatic carbocycles. The Labute approximate surface area is 188 Å². The molecule has 0 amide bonds. The van der Waals surface area contributed by atoms with Crippen LogP contribution in [0, 0.1) is 29.6 Å². The summed E-state index contributed by atoms with van der Waals surface area (Å²) in [6.07, 6.45) is 3.15. The van der Waals surface area contributed by atoms with E-state index < -0.39 is 0 Å². The molecule has 3 aromatic carbocycles. The molecule has 154 valence electrons. The van der Waals surface area contributed by atoms with E-state index in [0.29, 0.717) is 17.7 Å². The summed E-state index contributed by atoms with van der Waals surface area (Å²) < 4.78 is 6.36. The number of nitriles is 2. The molecule has 1 unspecified atom stereocenters. The van der Waals surface area contributed by atoms with Crippen molar-refractivity contribution in [1.29, 1.82) is 10.5 Å². The van der Waals surface area contributed by atoms with Crippen molar-refractivity contribution in [1.82, 2.24) is 4.98 Å². The van der Waals surface area contributed by atoms with Crippen LogP contribution < -0.4 is 0 Å². The summed E-state index contributed by atoms with van der Waals surface area (Å²) in [5.74, 6) is 0. The number of pyridine rings is 1. The van der Waals surface area contributed by atoms with E-state index in [-0.39, 0.29) is 6.10 Å². The SMILES string of the molecule is Cc1ccccc1-c1cc(C(OCc2cccc(C#N)c2)c2cccnc2)ccc1C#N. The molecule has 0 N–H and O–H groups in total. The van der Waals surface area contributed by atoms with E-state index in [9.17, 15) is 10.5 Å². The van der Waals surface area contributed by atoms with Crippen LogP contribution in [0.5, 0.6) is 0 Å². The summed E-state index contributed by atoms with van der Waals surface area (Å²) in [5, 5.41) is 18.9. The Kier molecular flexibility index (Phi) is 6.37. The first-order chi connectivity index (χ1) is 15.7. The zero-order valence-corrected chi connectivity index (χ0v) is 17.7. The minimum atomic E-state index is -0.370. The Hall–Kier alpha value is -4.25. The maximum Gasteiger partial charge on any atom is 0.109 e. The Balaban J connectivity index is 1.75. The molecule has 4 heteroatoms. The van der Waals surface area contributed by atoms with Crippen LogP contribution in [-0.2, 0) is 11.3 Å². The largest absolute Gasteiger partial charge is 0.364 e. The fourth-order valence-electron chi connectivity index (χ4n) is 3.75. The van der Waals surface area contributed by atoms with Gasteiger partial charge in [-0.1, -0.05) is 48.5 Å². The number of hydrogen-bond donors (Lipinski definition) is 0. The Morgan fingerprint density at radius 2 is 1.72 bits per heavy atom. The number of benzene rings is 3. The van der Waals surface area contributed by atoms with Crippen molar-refractivity contribution >= 4 is 0 Å². The van der Waals surface area contributed by atoms with Crippen molar-refractivity contribution in [2.45, 2.75) is 19.6 Å². The molecular weight excluding hydrogens is 394 g/mol. The van der Waals surface area contributed by atoms with Crippen LogP contribution in [0.4, 0.5) is 0 Å². The first kappa shape index (κ1) is 21.0. The van der Waals surface area contributed by atoms with Crippen LogP contribution in [0.2, 0.25) is 0 Å². The minimum absolute atomic E-state index is 0.342. The van der Waals surface area contributed by atoms with Crippen LogP contribution in [-0.4, -0.2) is 4.98 Å². The van der Waals surface area contributed by atoms with Crippen molar-refractivity contribution < 1.29 is 4.74 Å². The second-order valence-electron chi connectivity index (χ2n) is 7.52. The molecule has 4 aromatic rings. The van der Waals surface area contributed by atoms with Gasteiger partial charge in [0.1, 0.15) is 6.10 Å². The number of aromatic nitrogens is 1. The molecule has 4 rings (SSSR count). The lowest BCUT2D eigenvalue weighted by Crippen LogP contribution is -2.08. The van der Waals surface area contributed by atoms with Gasteiger partial charge in [0.2, 0.25) is 0 Å². The number of hydrogen-bond acceptors (Lipinski definition) is 4. The van der Waals surface area contributed by atoms with Gasteiger partial charge in [0.25, 0.3) is 0 Å². The van der Waals surface area contributed by atoms with Crippen molar-refractivity contribution in [3.05, 3.63) is 125 Å². The molecule has 0 aliphatic heterocycles. The number of ether oxygens (including phenoxy) is 1. The second kappa shape index (κ2) is 9.71. The van der Waals surface area contributed by atoms with Crippen LogP contribution >= 0.6 is 0 Å². The fraction of sp³-hybridized carbons (Fsp3) is 0.107. The van der Waals surface area contributed by atoms with E-state index in [1.807, 2.05) is 79.7 Å². The molecule has 1 atom stereocenters. The third-order valence-electron chi connectivity index (χ3n) is 5.36. The quantitative estimate of drug-likeness (QED) is 0.381. The highest BCUT2D eigenvalue weighted by Crippen LogP contribution is 2.33. The predicted molar refractivity (Wildman–Crippen MR) is 123 cm³/mol. The first-order valence-corrected chi connectivity index (χ1v) is 10.3.